The molecule has 9 heteroatoms. The number of carbonyl (C=O) groups is 2. The summed E-state index contributed by atoms with van der Waals surface area (Å²) in [5.41, 5.74) is -0.696. The van der Waals surface area contributed by atoms with Crippen molar-refractivity contribution in [2.75, 3.05) is 45.1 Å². The minimum absolute atomic E-state index is 0. The molecule has 1 rings (SSSR count). The number of hydrogen-bond acceptors (Lipinski definition) is 7. The molecular formula is C30H61N3O4S2. The molecule has 0 aromatic heterocycles. The normalized spacial score (nSPS) is 20.3. The van der Waals surface area contributed by atoms with Crippen molar-refractivity contribution in [3.05, 3.63) is 0 Å². The lowest BCUT2D eigenvalue weighted by Crippen LogP contribution is -2.49. The zero-order valence-corrected chi connectivity index (χ0v) is 27.4. The van der Waals surface area contributed by atoms with Gasteiger partial charge in [-0.3, -0.25) is 14.5 Å². The first-order chi connectivity index (χ1) is 17.3. The van der Waals surface area contributed by atoms with E-state index in [0.29, 0.717) is 32.2 Å². The van der Waals surface area contributed by atoms with E-state index in [1.54, 1.807) is 0 Å². The Morgan fingerprint density at radius 3 is 2.18 bits per heavy atom. The summed E-state index contributed by atoms with van der Waals surface area (Å²) in [6, 6.07) is -0.288. The Kier molecular flexibility index (Phi) is 16.6. The summed E-state index contributed by atoms with van der Waals surface area (Å²) in [4.78, 5) is 27.8. The molecule has 1 fully saturated rings. The van der Waals surface area contributed by atoms with Gasteiger partial charge in [-0.15, -0.1) is 0 Å². The summed E-state index contributed by atoms with van der Waals surface area (Å²) >= 11 is 9.04. The predicted octanol–water partition coefficient (Wildman–Crippen LogP) is 5.38. The summed E-state index contributed by atoms with van der Waals surface area (Å²) in [6.07, 6.45) is 4.34. The van der Waals surface area contributed by atoms with Crippen LogP contribution in [0.3, 0.4) is 0 Å². The zero-order valence-electron chi connectivity index (χ0n) is 25.6. The van der Waals surface area contributed by atoms with Gasteiger partial charge in [-0.25, -0.2) is 0 Å². The van der Waals surface area contributed by atoms with Gasteiger partial charge in [0.25, 0.3) is 0 Å². The second-order valence-corrected chi connectivity index (χ2v) is 15.4. The van der Waals surface area contributed by atoms with Gasteiger partial charge < -0.3 is 20.1 Å². The van der Waals surface area contributed by atoms with E-state index in [2.05, 4.69) is 71.7 Å². The average Bonchev–Trinajstić information content (AvgIpc) is 3.14. The second kappa shape index (κ2) is 16.8. The molecular weight excluding hydrogens is 530 g/mol. The molecule has 7 nitrogen and oxygen atoms in total. The van der Waals surface area contributed by atoms with E-state index in [4.69, 9.17) is 22.1 Å². The van der Waals surface area contributed by atoms with Crippen molar-refractivity contribution in [2.24, 2.45) is 11.3 Å². The van der Waals surface area contributed by atoms with Gasteiger partial charge in [-0.2, -0.15) is 25.3 Å². The topological polar surface area (TPSA) is 79.9 Å². The van der Waals surface area contributed by atoms with Gasteiger partial charge >= 0.3 is 0 Å². The quantitative estimate of drug-likeness (QED) is 0.171. The summed E-state index contributed by atoms with van der Waals surface area (Å²) in [6.45, 7) is 21.9. The van der Waals surface area contributed by atoms with Crippen molar-refractivity contribution in [1.29, 1.82) is 0 Å². The SMILES string of the molecule is C.CC1CC(C(=O)NCCC(C)(C)OCC(C)(C)C)N(CC(=O)NCC(C)(C)OCCC(C)(S)CCCS)C1. The van der Waals surface area contributed by atoms with Crippen molar-refractivity contribution in [3.8, 4) is 0 Å². The minimum atomic E-state index is -0.486. The first kappa shape index (κ1) is 38.5. The summed E-state index contributed by atoms with van der Waals surface area (Å²) in [7, 11) is 0. The number of amides is 2. The van der Waals surface area contributed by atoms with Gasteiger partial charge in [-0.05, 0) is 76.9 Å². The van der Waals surface area contributed by atoms with Crippen LogP contribution in [-0.4, -0.2) is 83.9 Å². The first-order valence-corrected chi connectivity index (χ1v) is 15.3. The number of thiol groups is 2. The number of hydrogen-bond donors (Lipinski definition) is 4. The van der Waals surface area contributed by atoms with Crippen LogP contribution in [0.5, 0.6) is 0 Å². The fourth-order valence-corrected chi connectivity index (χ4v) is 4.81. The molecule has 1 aliphatic rings. The summed E-state index contributed by atoms with van der Waals surface area (Å²) in [5.74, 6) is 1.13. The third-order valence-corrected chi connectivity index (χ3v) is 7.67. The minimum Gasteiger partial charge on any atom is -0.375 e. The Labute approximate surface area is 251 Å². The highest BCUT2D eigenvalue weighted by molar-refractivity contribution is 7.81. The van der Waals surface area contributed by atoms with Crippen LogP contribution < -0.4 is 10.6 Å². The third-order valence-electron chi connectivity index (χ3n) is 6.90. The Bertz CT molecular complexity index is 738. The van der Waals surface area contributed by atoms with E-state index < -0.39 is 5.60 Å². The van der Waals surface area contributed by atoms with Gasteiger partial charge in [0.1, 0.15) is 0 Å². The maximum Gasteiger partial charge on any atom is 0.237 e. The van der Waals surface area contributed by atoms with Crippen LogP contribution in [0, 0.1) is 11.3 Å². The lowest BCUT2D eigenvalue weighted by atomic mass is 9.97. The Morgan fingerprint density at radius 1 is 0.949 bits per heavy atom. The number of nitrogens with one attached hydrogen (secondary N) is 2. The highest BCUT2D eigenvalue weighted by Crippen LogP contribution is 2.26. The van der Waals surface area contributed by atoms with E-state index in [9.17, 15) is 9.59 Å². The molecule has 1 aliphatic heterocycles. The molecule has 0 bridgehead atoms. The van der Waals surface area contributed by atoms with E-state index in [-0.39, 0.29) is 47.6 Å². The zero-order chi connectivity index (χ0) is 29.2. The molecule has 1 saturated heterocycles. The summed E-state index contributed by atoms with van der Waals surface area (Å²) in [5, 5.41) is 6.10. The molecule has 0 spiro atoms. The van der Waals surface area contributed by atoms with Crippen LogP contribution in [0.2, 0.25) is 0 Å². The van der Waals surface area contributed by atoms with E-state index in [0.717, 1.165) is 44.4 Å². The van der Waals surface area contributed by atoms with Crippen molar-refractivity contribution in [3.63, 3.8) is 0 Å². The van der Waals surface area contributed by atoms with Crippen LogP contribution in [0.15, 0.2) is 0 Å². The van der Waals surface area contributed by atoms with Crippen molar-refractivity contribution in [1.82, 2.24) is 15.5 Å². The molecule has 0 aromatic carbocycles. The van der Waals surface area contributed by atoms with Crippen LogP contribution in [-0.2, 0) is 19.1 Å². The molecule has 0 aromatic rings. The largest absolute Gasteiger partial charge is 0.375 e. The van der Waals surface area contributed by atoms with Crippen LogP contribution in [0.25, 0.3) is 0 Å². The van der Waals surface area contributed by atoms with Gasteiger partial charge in [-0.1, -0.05) is 42.0 Å². The lowest BCUT2D eigenvalue weighted by Gasteiger charge is -2.30. The highest BCUT2D eigenvalue weighted by atomic mass is 32.1. The first-order valence-electron chi connectivity index (χ1n) is 14.2. The maximum atomic E-state index is 13.0. The Balaban J connectivity index is 0.0000144. The number of rotatable bonds is 17. The van der Waals surface area contributed by atoms with Gasteiger partial charge in [0, 0.05) is 31.0 Å². The fraction of sp³-hybridized carbons (Fsp3) is 0.933. The van der Waals surface area contributed by atoms with Crippen molar-refractivity contribution in [2.45, 2.75) is 124 Å². The van der Waals surface area contributed by atoms with Crippen LogP contribution in [0.1, 0.15) is 102 Å². The average molecular weight is 592 g/mol. The lowest BCUT2D eigenvalue weighted by molar-refractivity contribution is -0.128. The molecule has 1 heterocycles. The maximum absolute atomic E-state index is 13.0. The van der Waals surface area contributed by atoms with Crippen LogP contribution in [0.4, 0.5) is 0 Å². The predicted molar refractivity (Wildman–Crippen MR) is 171 cm³/mol. The monoisotopic (exact) mass is 591 g/mol. The third kappa shape index (κ3) is 17.2. The number of ether oxygens (including phenoxy) is 2. The number of likely N-dealkylation sites (tertiary alicyclic amines) is 1. The Hall–Kier alpha value is -0.480. The second-order valence-electron chi connectivity index (χ2n) is 13.9. The van der Waals surface area contributed by atoms with E-state index >= 15 is 0 Å². The van der Waals surface area contributed by atoms with E-state index in [1.165, 1.54) is 0 Å². The highest BCUT2D eigenvalue weighted by Gasteiger charge is 2.36. The molecule has 3 unspecified atom stereocenters. The standard InChI is InChI=1S/C29H57N3O4S2.CH4/c1-22-17-23(25(34)30-14-12-27(5,6)36-21-26(2,3)4)32(18-22)19-24(33)31-20-28(7,8)35-15-13-29(9,38)11-10-16-37;/h22-23,37-38H,10-21H2,1-9H3,(H,30,34)(H,31,33);1H4. The number of nitrogens with zero attached hydrogens (tertiary/aromatic N) is 1. The van der Waals surface area contributed by atoms with Crippen molar-refractivity contribution >= 4 is 37.1 Å². The molecule has 2 N–H and O–H groups in total. The van der Waals surface area contributed by atoms with Gasteiger partial charge in [0.15, 0.2) is 0 Å². The Morgan fingerprint density at radius 2 is 1.59 bits per heavy atom. The molecule has 0 aliphatic carbocycles. The van der Waals surface area contributed by atoms with E-state index in [1.807, 2.05) is 18.7 Å². The van der Waals surface area contributed by atoms with Gasteiger partial charge in [0.2, 0.25) is 11.8 Å². The fourth-order valence-electron chi connectivity index (χ4n) is 4.40. The number of carbonyl (C=O) groups excluding carboxylic acids is 2. The molecule has 2 amide bonds. The van der Waals surface area contributed by atoms with Crippen LogP contribution >= 0.6 is 25.3 Å². The summed E-state index contributed by atoms with van der Waals surface area (Å²) < 4.78 is 12.1. The van der Waals surface area contributed by atoms with Crippen molar-refractivity contribution < 1.29 is 19.1 Å². The van der Waals surface area contributed by atoms with Gasteiger partial charge in [0.05, 0.1) is 30.4 Å². The molecule has 232 valence electrons. The molecule has 0 saturated carbocycles. The molecule has 0 radical (unpaired) electrons. The smallest absolute Gasteiger partial charge is 0.237 e. The molecule has 3 atom stereocenters. The molecule has 39 heavy (non-hydrogen) atoms.